The smallest absolute Gasteiger partial charge is 0.189 e. The first-order valence-electron chi connectivity index (χ1n) is 4.24. The van der Waals surface area contributed by atoms with Crippen molar-refractivity contribution in [3.8, 4) is 0 Å². The van der Waals surface area contributed by atoms with Gasteiger partial charge in [-0.05, 0) is 13.0 Å². The number of benzene rings is 1. The fourth-order valence-electron chi connectivity index (χ4n) is 1.26. The van der Waals surface area contributed by atoms with Gasteiger partial charge < -0.3 is 0 Å². The molecule has 0 aliphatic rings. The molecular formula is C10H11FO3S. The molecule has 1 aromatic carbocycles. The number of halogens is 1. The molecule has 82 valence electrons. The summed E-state index contributed by atoms with van der Waals surface area (Å²) in [7, 11) is -3.53. The van der Waals surface area contributed by atoms with Crippen LogP contribution in [0, 0.1) is 0 Å². The number of hydrogen-bond acceptors (Lipinski definition) is 3. The zero-order valence-electron chi connectivity index (χ0n) is 8.40. The van der Waals surface area contributed by atoms with Gasteiger partial charge in [0.25, 0.3) is 0 Å². The second-order valence-electron chi connectivity index (χ2n) is 3.46. The lowest BCUT2D eigenvalue weighted by Crippen LogP contribution is -2.20. The highest BCUT2D eigenvalue weighted by Crippen LogP contribution is 2.28. The largest absolute Gasteiger partial charge is 0.299 e. The van der Waals surface area contributed by atoms with Gasteiger partial charge in [-0.1, -0.05) is 18.2 Å². The summed E-state index contributed by atoms with van der Waals surface area (Å²) < 4.78 is 36.4. The maximum atomic E-state index is 13.7. The number of sulfone groups is 1. The van der Waals surface area contributed by atoms with E-state index < -0.39 is 15.5 Å². The molecule has 0 heterocycles. The lowest BCUT2D eigenvalue weighted by Gasteiger charge is -2.16. The van der Waals surface area contributed by atoms with Crippen LogP contribution in [-0.4, -0.2) is 21.0 Å². The van der Waals surface area contributed by atoms with Crippen LogP contribution in [-0.2, 0) is 20.3 Å². The summed E-state index contributed by atoms with van der Waals surface area (Å²) in [6, 6.07) is 5.56. The summed E-state index contributed by atoms with van der Waals surface area (Å²) in [6.45, 7) is 1.03. The highest BCUT2D eigenvalue weighted by atomic mass is 32.2. The van der Waals surface area contributed by atoms with Gasteiger partial charge in [0.15, 0.2) is 21.8 Å². The maximum absolute atomic E-state index is 13.7. The highest BCUT2D eigenvalue weighted by Gasteiger charge is 2.30. The average molecular weight is 230 g/mol. The van der Waals surface area contributed by atoms with E-state index in [0.717, 1.165) is 13.2 Å². The van der Waals surface area contributed by atoms with E-state index in [4.69, 9.17) is 0 Å². The molecule has 5 heteroatoms. The van der Waals surface area contributed by atoms with E-state index in [0.29, 0.717) is 0 Å². The van der Waals surface area contributed by atoms with Gasteiger partial charge >= 0.3 is 0 Å². The van der Waals surface area contributed by atoms with Gasteiger partial charge in [-0.2, -0.15) is 0 Å². The van der Waals surface area contributed by atoms with Crippen LogP contribution >= 0.6 is 0 Å². The third-order valence-corrected chi connectivity index (χ3v) is 3.19. The Balaban J connectivity index is 3.51. The zero-order valence-corrected chi connectivity index (χ0v) is 9.21. The molecule has 0 N–H and O–H groups in total. The van der Waals surface area contributed by atoms with Crippen LogP contribution in [0.25, 0.3) is 0 Å². The monoisotopic (exact) mass is 230 g/mol. The first-order valence-corrected chi connectivity index (χ1v) is 6.13. The zero-order chi connectivity index (χ0) is 11.7. The number of alkyl halides is 1. The number of rotatable bonds is 3. The molecular weight excluding hydrogens is 219 g/mol. The molecule has 0 saturated heterocycles. The molecule has 0 aliphatic heterocycles. The van der Waals surface area contributed by atoms with Crippen LogP contribution in [0.3, 0.4) is 0 Å². The second kappa shape index (κ2) is 3.73. The predicted octanol–water partition coefficient (Wildman–Crippen LogP) is 1.47. The standard InChI is InChI=1S/C10H11FO3S/c1-10(11,7-12)8-5-3-4-6-9(8)15(2,13)14/h3-7H,1-2H3. The van der Waals surface area contributed by atoms with Crippen LogP contribution in [0.2, 0.25) is 0 Å². The number of carbonyl (C=O) groups is 1. The van der Waals surface area contributed by atoms with E-state index in [2.05, 4.69) is 0 Å². The second-order valence-corrected chi connectivity index (χ2v) is 5.45. The SMILES string of the molecule is CC(F)(C=O)c1ccccc1S(C)(=O)=O. The molecule has 15 heavy (non-hydrogen) atoms. The predicted molar refractivity (Wildman–Crippen MR) is 54.1 cm³/mol. The van der Waals surface area contributed by atoms with E-state index in [-0.39, 0.29) is 16.7 Å². The van der Waals surface area contributed by atoms with Crippen molar-refractivity contribution in [2.24, 2.45) is 0 Å². The molecule has 0 saturated carbocycles. The first-order chi connectivity index (χ1) is 6.79. The van der Waals surface area contributed by atoms with Crippen LogP contribution < -0.4 is 0 Å². The molecule has 0 radical (unpaired) electrons. The molecule has 0 fully saturated rings. The summed E-state index contributed by atoms with van der Waals surface area (Å²) in [5, 5.41) is 0. The maximum Gasteiger partial charge on any atom is 0.189 e. The Morgan fingerprint density at radius 2 is 1.87 bits per heavy atom. The molecule has 1 atom stereocenters. The van der Waals surface area contributed by atoms with Crippen molar-refractivity contribution in [1.29, 1.82) is 0 Å². The van der Waals surface area contributed by atoms with Gasteiger partial charge in [-0.15, -0.1) is 0 Å². The van der Waals surface area contributed by atoms with E-state index in [1.165, 1.54) is 24.3 Å². The van der Waals surface area contributed by atoms with Crippen LogP contribution in [0.5, 0.6) is 0 Å². The van der Waals surface area contributed by atoms with Gasteiger partial charge in [0.2, 0.25) is 0 Å². The van der Waals surface area contributed by atoms with Gasteiger partial charge in [0.05, 0.1) is 4.90 Å². The van der Waals surface area contributed by atoms with E-state index in [1.807, 2.05) is 0 Å². The molecule has 1 aromatic rings. The molecule has 0 aromatic heterocycles. The Hall–Kier alpha value is -1.23. The topological polar surface area (TPSA) is 51.2 Å². The van der Waals surface area contributed by atoms with Gasteiger partial charge in [-0.25, -0.2) is 12.8 Å². The van der Waals surface area contributed by atoms with Crippen molar-refractivity contribution in [3.05, 3.63) is 29.8 Å². The molecule has 1 unspecified atom stereocenters. The Morgan fingerprint density at radius 1 is 1.33 bits per heavy atom. The third kappa shape index (κ3) is 2.41. The van der Waals surface area contributed by atoms with Crippen molar-refractivity contribution in [2.45, 2.75) is 17.5 Å². The van der Waals surface area contributed by atoms with Crippen molar-refractivity contribution in [3.63, 3.8) is 0 Å². The minimum absolute atomic E-state index is 0.0943. The van der Waals surface area contributed by atoms with Crippen molar-refractivity contribution in [2.75, 3.05) is 6.26 Å². The Labute approximate surface area is 87.8 Å². The first kappa shape index (κ1) is 11.8. The van der Waals surface area contributed by atoms with Crippen molar-refractivity contribution < 1.29 is 17.6 Å². The molecule has 0 spiro atoms. The van der Waals surface area contributed by atoms with Crippen LogP contribution in [0.4, 0.5) is 4.39 Å². The molecule has 0 amide bonds. The minimum Gasteiger partial charge on any atom is -0.299 e. The molecule has 3 nitrogen and oxygen atoms in total. The van der Waals surface area contributed by atoms with Crippen LogP contribution in [0.1, 0.15) is 12.5 Å². The number of aldehydes is 1. The minimum atomic E-state index is -3.53. The number of carbonyl (C=O) groups excluding carboxylic acids is 1. The van der Waals surface area contributed by atoms with Crippen molar-refractivity contribution in [1.82, 2.24) is 0 Å². The summed E-state index contributed by atoms with van der Waals surface area (Å²) in [6.07, 6.45) is 1.07. The third-order valence-electron chi connectivity index (χ3n) is 2.03. The van der Waals surface area contributed by atoms with Crippen LogP contribution in [0.15, 0.2) is 29.2 Å². The van der Waals surface area contributed by atoms with Crippen molar-refractivity contribution >= 4 is 16.1 Å². The molecule has 0 aliphatic carbocycles. The summed E-state index contributed by atoms with van der Waals surface area (Å²) in [4.78, 5) is 10.4. The summed E-state index contributed by atoms with van der Waals surface area (Å²) in [5.41, 5.74) is -2.40. The summed E-state index contributed by atoms with van der Waals surface area (Å²) >= 11 is 0. The van der Waals surface area contributed by atoms with Gasteiger partial charge in [0.1, 0.15) is 0 Å². The lowest BCUT2D eigenvalue weighted by molar-refractivity contribution is -0.117. The Bertz CT molecular complexity index is 477. The van der Waals surface area contributed by atoms with Gasteiger partial charge in [0, 0.05) is 11.8 Å². The fourth-order valence-corrected chi connectivity index (χ4v) is 2.25. The van der Waals surface area contributed by atoms with Gasteiger partial charge in [-0.3, -0.25) is 4.79 Å². The fraction of sp³-hybridized carbons (Fsp3) is 0.300. The molecule has 1 rings (SSSR count). The Kier molecular flexibility index (Phi) is 2.95. The van der Waals surface area contributed by atoms with E-state index >= 15 is 0 Å². The molecule has 0 bridgehead atoms. The number of hydrogen-bond donors (Lipinski definition) is 0. The lowest BCUT2D eigenvalue weighted by atomic mass is 10.00. The average Bonchev–Trinajstić information content (AvgIpc) is 2.16. The summed E-state index contributed by atoms with van der Waals surface area (Å²) in [5.74, 6) is 0. The van der Waals surface area contributed by atoms with E-state index in [9.17, 15) is 17.6 Å². The normalized spacial score (nSPS) is 15.7. The highest BCUT2D eigenvalue weighted by molar-refractivity contribution is 7.90. The van der Waals surface area contributed by atoms with E-state index in [1.54, 1.807) is 0 Å². The quantitative estimate of drug-likeness (QED) is 0.739. The Morgan fingerprint density at radius 3 is 2.33 bits per heavy atom.